The lowest BCUT2D eigenvalue weighted by Gasteiger charge is -2.24. The molecule has 1 heterocycles. The van der Waals surface area contributed by atoms with Crippen molar-refractivity contribution < 1.29 is 14.3 Å². The number of carbonyl (C=O) groups excluding carboxylic acids is 2. The number of aldehydes is 1. The van der Waals surface area contributed by atoms with Gasteiger partial charge in [0.15, 0.2) is 13.0 Å². The third-order valence-corrected chi connectivity index (χ3v) is 6.13. The molecule has 7 heteroatoms. The van der Waals surface area contributed by atoms with E-state index >= 15 is 0 Å². The molecule has 1 unspecified atom stereocenters. The van der Waals surface area contributed by atoms with E-state index in [4.69, 9.17) is 10.5 Å². The first-order chi connectivity index (χ1) is 13.1. The molecule has 1 aromatic rings. The van der Waals surface area contributed by atoms with E-state index in [1.807, 2.05) is 37.5 Å². The van der Waals surface area contributed by atoms with Crippen LogP contribution >= 0.6 is 11.9 Å². The Kier molecular flexibility index (Phi) is 6.93. The van der Waals surface area contributed by atoms with Crippen LogP contribution in [-0.2, 0) is 9.53 Å². The number of nitrogens with two attached hydrogens (primary N) is 1. The summed E-state index contributed by atoms with van der Waals surface area (Å²) in [4.78, 5) is 26.1. The van der Waals surface area contributed by atoms with Crippen LogP contribution in [0.5, 0.6) is 0 Å². The summed E-state index contributed by atoms with van der Waals surface area (Å²) >= 11 is 1.63. The fourth-order valence-corrected chi connectivity index (χ4v) is 4.23. The van der Waals surface area contributed by atoms with Crippen molar-refractivity contribution in [3.8, 4) is 0 Å². The molecule has 2 aliphatic rings. The molecule has 0 amide bonds. The van der Waals surface area contributed by atoms with E-state index in [1.165, 1.54) is 0 Å². The van der Waals surface area contributed by atoms with Crippen LogP contribution in [0.4, 0.5) is 0 Å². The summed E-state index contributed by atoms with van der Waals surface area (Å²) in [6, 6.07) is 5.92. The molecule has 2 fully saturated rings. The highest BCUT2D eigenvalue weighted by molar-refractivity contribution is 7.97. The van der Waals surface area contributed by atoms with Crippen molar-refractivity contribution in [2.24, 2.45) is 11.7 Å². The molecule has 0 radical (unpaired) electrons. The molecule has 27 heavy (non-hydrogen) atoms. The average molecular weight is 390 g/mol. The quantitative estimate of drug-likeness (QED) is 0.317. The van der Waals surface area contributed by atoms with E-state index in [9.17, 15) is 9.59 Å². The SMILES string of the molecule is CN(/C=C\c1c(C=O)cccc1SN1CCC(N)C1)COC(=O)C1CCC1. The van der Waals surface area contributed by atoms with Gasteiger partial charge in [-0.3, -0.25) is 9.59 Å². The first-order valence-corrected chi connectivity index (χ1v) is 10.2. The number of carbonyl (C=O) groups is 2. The highest BCUT2D eigenvalue weighted by Gasteiger charge is 2.26. The second kappa shape index (κ2) is 9.39. The monoisotopic (exact) mass is 389 g/mol. The average Bonchev–Trinajstić information content (AvgIpc) is 3.02. The highest BCUT2D eigenvalue weighted by Crippen LogP contribution is 2.31. The minimum atomic E-state index is -0.114. The van der Waals surface area contributed by atoms with Crippen LogP contribution in [0.15, 0.2) is 29.3 Å². The van der Waals surface area contributed by atoms with Gasteiger partial charge in [0.25, 0.3) is 0 Å². The van der Waals surface area contributed by atoms with Crippen LogP contribution in [0.2, 0.25) is 0 Å². The lowest BCUT2D eigenvalue weighted by atomic mass is 9.86. The van der Waals surface area contributed by atoms with Crippen LogP contribution in [0, 0.1) is 5.92 Å². The van der Waals surface area contributed by atoms with E-state index in [1.54, 1.807) is 16.8 Å². The zero-order valence-electron chi connectivity index (χ0n) is 15.7. The number of esters is 1. The summed E-state index contributed by atoms with van der Waals surface area (Å²) in [5.74, 6) is -0.0376. The van der Waals surface area contributed by atoms with Crippen molar-refractivity contribution in [3.05, 3.63) is 35.5 Å². The van der Waals surface area contributed by atoms with Crippen molar-refractivity contribution >= 4 is 30.3 Å². The van der Waals surface area contributed by atoms with Gasteiger partial charge in [-0.1, -0.05) is 18.6 Å². The molecule has 0 spiro atoms. The standard InChI is InChI=1S/C20H27N3O3S/c1-22(14-26-20(25)15-4-2-5-15)10-9-18-16(13-24)6-3-7-19(18)27-23-11-8-17(21)12-23/h3,6-7,9-10,13,15,17H,2,4-5,8,11-12,14,21H2,1H3/b10-9-. The number of hydrogen-bond acceptors (Lipinski definition) is 7. The Labute approximate surface area is 164 Å². The Bertz CT molecular complexity index is 706. The van der Waals surface area contributed by atoms with Crippen molar-refractivity contribution in [2.75, 3.05) is 26.9 Å². The van der Waals surface area contributed by atoms with Gasteiger partial charge in [-0.15, -0.1) is 0 Å². The molecule has 1 aliphatic carbocycles. The van der Waals surface area contributed by atoms with E-state index < -0.39 is 0 Å². The van der Waals surface area contributed by atoms with Crippen molar-refractivity contribution in [2.45, 2.75) is 36.6 Å². The molecule has 1 aromatic carbocycles. The van der Waals surface area contributed by atoms with Gasteiger partial charge in [0.1, 0.15) is 0 Å². The van der Waals surface area contributed by atoms with Gasteiger partial charge in [-0.05, 0) is 43.4 Å². The lowest BCUT2D eigenvalue weighted by molar-refractivity contribution is -0.154. The molecule has 1 aliphatic heterocycles. The van der Waals surface area contributed by atoms with E-state index in [0.717, 1.165) is 55.5 Å². The maximum Gasteiger partial charge on any atom is 0.310 e. The van der Waals surface area contributed by atoms with Crippen LogP contribution in [0.3, 0.4) is 0 Å². The van der Waals surface area contributed by atoms with Crippen LogP contribution in [0.1, 0.15) is 41.6 Å². The summed E-state index contributed by atoms with van der Waals surface area (Å²) < 4.78 is 7.57. The molecule has 0 bridgehead atoms. The van der Waals surface area contributed by atoms with Gasteiger partial charge in [0.2, 0.25) is 0 Å². The van der Waals surface area contributed by atoms with Gasteiger partial charge in [0, 0.05) is 48.4 Å². The van der Waals surface area contributed by atoms with Crippen molar-refractivity contribution in [1.82, 2.24) is 9.21 Å². The lowest BCUT2D eigenvalue weighted by Crippen LogP contribution is -2.27. The van der Waals surface area contributed by atoms with E-state index in [-0.39, 0.29) is 24.7 Å². The number of hydrogen-bond donors (Lipinski definition) is 1. The maximum absolute atomic E-state index is 11.8. The minimum absolute atomic E-state index is 0.0769. The molecule has 1 atom stereocenters. The van der Waals surface area contributed by atoms with Gasteiger partial charge < -0.3 is 15.4 Å². The van der Waals surface area contributed by atoms with E-state index in [0.29, 0.717) is 5.56 Å². The molecule has 6 nitrogen and oxygen atoms in total. The second-order valence-corrected chi connectivity index (χ2v) is 8.34. The molecule has 1 saturated carbocycles. The fourth-order valence-electron chi connectivity index (χ4n) is 3.07. The Hall–Kier alpha value is -1.83. The Balaban J connectivity index is 1.63. The number of benzene rings is 1. The molecule has 3 rings (SSSR count). The number of ether oxygens (including phenoxy) is 1. The highest BCUT2D eigenvalue weighted by atomic mass is 32.2. The van der Waals surface area contributed by atoms with Gasteiger partial charge >= 0.3 is 5.97 Å². The topological polar surface area (TPSA) is 75.9 Å². The molecular formula is C20H27N3O3S. The zero-order valence-corrected chi connectivity index (χ0v) is 16.5. The van der Waals surface area contributed by atoms with Gasteiger partial charge in [-0.25, -0.2) is 4.31 Å². The van der Waals surface area contributed by atoms with Crippen molar-refractivity contribution in [3.63, 3.8) is 0 Å². The van der Waals surface area contributed by atoms with Crippen molar-refractivity contribution in [1.29, 1.82) is 0 Å². The van der Waals surface area contributed by atoms with Crippen LogP contribution in [0.25, 0.3) is 6.08 Å². The summed E-state index contributed by atoms with van der Waals surface area (Å²) in [6.45, 7) is 1.99. The molecular weight excluding hydrogens is 362 g/mol. The Morgan fingerprint density at radius 3 is 2.85 bits per heavy atom. The minimum Gasteiger partial charge on any atom is -0.444 e. The molecule has 146 valence electrons. The Morgan fingerprint density at radius 1 is 1.41 bits per heavy atom. The van der Waals surface area contributed by atoms with Gasteiger partial charge in [0.05, 0.1) is 5.92 Å². The first kappa shape index (κ1) is 19.9. The maximum atomic E-state index is 11.8. The van der Waals surface area contributed by atoms with Crippen LogP contribution < -0.4 is 5.73 Å². The first-order valence-electron chi connectivity index (χ1n) is 9.38. The smallest absolute Gasteiger partial charge is 0.310 e. The predicted octanol–water partition coefficient (Wildman–Crippen LogP) is 2.74. The third-order valence-electron chi connectivity index (χ3n) is 4.99. The molecule has 0 aromatic heterocycles. The molecule has 1 saturated heterocycles. The van der Waals surface area contributed by atoms with Crippen LogP contribution in [-0.4, -0.2) is 54.4 Å². The Morgan fingerprint density at radius 2 is 2.22 bits per heavy atom. The largest absolute Gasteiger partial charge is 0.444 e. The zero-order chi connectivity index (χ0) is 19.2. The summed E-state index contributed by atoms with van der Waals surface area (Å²) in [7, 11) is 1.85. The number of nitrogens with zero attached hydrogens (tertiary/aromatic N) is 2. The fraction of sp³-hybridized carbons (Fsp3) is 0.500. The summed E-state index contributed by atoms with van der Waals surface area (Å²) in [5.41, 5.74) is 7.50. The second-order valence-electron chi connectivity index (χ2n) is 7.20. The van der Waals surface area contributed by atoms with E-state index in [2.05, 4.69) is 4.31 Å². The number of rotatable bonds is 8. The summed E-state index contributed by atoms with van der Waals surface area (Å²) in [6.07, 6.45) is 8.59. The molecule has 2 N–H and O–H groups in total. The predicted molar refractivity (Wildman–Crippen MR) is 107 cm³/mol. The van der Waals surface area contributed by atoms with Gasteiger partial charge in [-0.2, -0.15) is 0 Å². The normalized spacial score (nSPS) is 20.6. The summed E-state index contributed by atoms with van der Waals surface area (Å²) in [5, 5.41) is 0. The third kappa shape index (κ3) is 5.34.